The Morgan fingerprint density at radius 3 is 2.73 bits per heavy atom. The number of hydrogen-bond donors (Lipinski definition) is 1. The highest BCUT2D eigenvalue weighted by Gasteiger charge is 2.14. The second-order valence-corrected chi connectivity index (χ2v) is 7.61. The summed E-state index contributed by atoms with van der Waals surface area (Å²) in [6.07, 6.45) is 3.32. The lowest BCUT2D eigenvalue weighted by molar-refractivity contribution is 0.0948. The summed E-state index contributed by atoms with van der Waals surface area (Å²) in [6, 6.07) is 15.1. The first-order valence-corrected chi connectivity index (χ1v) is 9.54. The van der Waals surface area contributed by atoms with E-state index in [0.717, 1.165) is 15.6 Å². The zero-order valence-electron chi connectivity index (χ0n) is 13.4. The molecule has 1 aromatic heterocycles. The molecule has 0 fully saturated rings. The smallest absolute Gasteiger partial charge is 0.266 e. The van der Waals surface area contributed by atoms with Crippen LogP contribution in [0, 0.1) is 0 Å². The first-order chi connectivity index (χ1) is 12.5. The SMILES string of the molecule is O=C(NN=Cc1cccc(Br)c1)c1nn(Cc2ccc(Cl)cc2)cc1Br. The van der Waals surface area contributed by atoms with Crippen molar-refractivity contribution >= 4 is 55.6 Å². The summed E-state index contributed by atoms with van der Waals surface area (Å²) in [5.74, 6) is -0.391. The number of nitrogens with zero attached hydrogens (tertiary/aromatic N) is 3. The van der Waals surface area contributed by atoms with Gasteiger partial charge in [-0.3, -0.25) is 9.48 Å². The second kappa shape index (κ2) is 8.62. The lowest BCUT2D eigenvalue weighted by Crippen LogP contribution is -2.19. The number of hydrogen-bond acceptors (Lipinski definition) is 3. The summed E-state index contributed by atoms with van der Waals surface area (Å²) in [5.41, 5.74) is 4.65. The van der Waals surface area contributed by atoms with Gasteiger partial charge in [0.1, 0.15) is 0 Å². The molecule has 0 spiro atoms. The predicted octanol–water partition coefficient (Wildman–Crippen LogP) is 4.87. The van der Waals surface area contributed by atoms with Crippen molar-refractivity contribution < 1.29 is 4.79 Å². The van der Waals surface area contributed by atoms with E-state index in [1.165, 1.54) is 0 Å². The number of nitrogens with one attached hydrogen (secondary N) is 1. The van der Waals surface area contributed by atoms with E-state index in [4.69, 9.17) is 11.6 Å². The van der Waals surface area contributed by atoms with Gasteiger partial charge in [-0.2, -0.15) is 10.2 Å². The predicted molar refractivity (Wildman–Crippen MR) is 110 cm³/mol. The zero-order chi connectivity index (χ0) is 18.5. The van der Waals surface area contributed by atoms with Crippen LogP contribution in [0.2, 0.25) is 5.02 Å². The highest BCUT2D eigenvalue weighted by atomic mass is 79.9. The van der Waals surface area contributed by atoms with Crippen LogP contribution >= 0.6 is 43.5 Å². The van der Waals surface area contributed by atoms with Crippen molar-refractivity contribution in [1.29, 1.82) is 0 Å². The van der Waals surface area contributed by atoms with Crippen molar-refractivity contribution in [2.75, 3.05) is 0 Å². The monoisotopic (exact) mass is 494 g/mol. The highest BCUT2D eigenvalue weighted by Crippen LogP contribution is 2.17. The van der Waals surface area contributed by atoms with Crippen LogP contribution in [0.3, 0.4) is 0 Å². The van der Waals surface area contributed by atoms with Crippen LogP contribution in [0.5, 0.6) is 0 Å². The number of aromatic nitrogens is 2. The minimum absolute atomic E-state index is 0.269. The number of carbonyl (C=O) groups excluding carboxylic acids is 1. The average Bonchev–Trinajstić information content (AvgIpc) is 2.97. The molecule has 2 aromatic carbocycles. The van der Waals surface area contributed by atoms with Crippen LogP contribution in [0.15, 0.2) is 68.8 Å². The van der Waals surface area contributed by atoms with Crippen LogP contribution in [0.4, 0.5) is 0 Å². The van der Waals surface area contributed by atoms with Crippen LogP contribution < -0.4 is 5.43 Å². The molecule has 0 unspecified atom stereocenters. The zero-order valence-corrected chi connectivity index (χ0v) is 17.3. The van der Waals surface area contributed by atoms with Crippen LogP contribution in [-0.4, -0.2) is 21.9 Å². The molecular weight excluding hydrogens is 483 g/mol. The molecule has 1 amide bonds. The normalized spacial score (nSPS) is 11.0. The third-order valence-corrected chi connectivity index (χ3v) is 4.74. The Bertz CT molecular complexity index is 954. The molecule has 1 N–H and O–H groups in total. The summed E-state index contributed by atoms with van der Waals surface area (Å²) in [6.45, 7) is 0.532. The number of hydrazone groups is 1. The molecule has 8 heteroatoms. The van der Waals surface area contributed by atoms with Gasteiger partial charge in [-0.25, -0.2) is 5.43 Å². The fraction of sp³-hybridized carbons (Fsp3) is 0.0556. The summed E-state index contributed by atoms with van der Waals surface area (Å²) < 4.78 is 3.22. The van der Waals surface area contributed by atoms with Gasteiger partial charge in [-0.05, 0) is 51.3 Å². The molecule has 0 aliphatic heterocycles. The molecule has 0 aliphatic rings. The lowest BCUT2D eigenvalue weighted by atomic mass is 10.2. The van der Waals surface area contributed by atoms with Gasteiger partial charge in [0.05, 0.1) is 17.2 Å². The van der Waals surface area contributed by atoms with Crippen molar-refractivity contribution in [2.24, 2.45) is 5.10 Å². The van der Waals surface area contributed by atoms with E-state index >= 15 is 0 Å². The minimum Gasteiger partial charge on any atom is -0.266 e. The third kappa shape index (κ3) is 5.03. The lowest BCUT2D eigenvalue weighted by Gasteiger charge is -2.01. The Kier molecular flexibility index (Phi) is 6.24. The minimum atomic E-state index is -0.391. The van der Waals surface area contributed by atoms with Crippen molar-refractivity contribution in [2.45, 2.75) is 6.54 Å². The first-order valence-electron chi connectivity index (χ1n) is 7.57. The van der Waals surface area contributed by atoms with E-state index in [9.17, 15) is 4.79 Å². The quantitative estimate of drug-likeness (QED) is 0.405. The van der Waals surface area contributed by atoms with Gasteiger partial charge in [0.25, 0.3) is 5.91 Å². The van der Waals surface area contributed by atoms with Gasteiger partial charge < -0.3 is 0 Å². The second-order valence-electron chi connectivity index (χ2n) is 5.40. The van der Waals surface area contributed by atoms with Gasteiger partial charge in [0.15, 0.2) is 5.69 Å². The standard InChI is InChI=1S/C18H13Br2ClN4O/c19-14-3-1-2-13(8-14)9-22-23-18(26)17-16(20)11-25(24-17)10-12-4-6-15(21)7-5-12/h1-9,11H,10H2,(H,23,26). The van der Waals surface area contributed by atoms with Crippen molar-refractivity contribution in [1.82, 2.24) is 15.2 Å². The van der Waals surface area contributed by atoms with Gasteiger partial charge in [-0.15, -0.1) is 0 Å². The molecule has 0 aliphatic carbocycles. The van der Waals surface area contributed by atoms with Crippen LogP contribution in [0.25, 0.3) is 0 Å². The third-order valence-electron chi connectivity index (χ3n) is 3.42. The van der Waals surface area contributed by atoms with Crippen LogP contribution in [-0.2, 0) is 6.54 Å². The highest BCUT2D eigenvalue weighted by molar-refractivity contribution is 9.10. The van der Waals surface area contributed by atoms with E-state index in [1.54, 1.807) is 17.1 Å². The Labute approximate surface area is 172 Å². The number of benzene rings is 2. The molecule has 0 radical (unpaired) electrons. The Morgan fingerprint density at radius 2 is 2.00 bits per heavy atom. The van der Waals surface area contributed by atoms with Crippen molar-refractivity contribution in [3.63, 3.8) is 0 Å². The molecule has 26 heavy (non-hydrogen) atoms. The molecule has 132 valence electrons. The Balaban J connectivity index is 1.66. The van der Waals surface area contributed by atoms with Gasteiger partial charge >= 0.3 is 0 Å². The average molecular weight is 497 g/mol. The molecule has 5 nitrogen and oxygen atoms in total. The topological polar surface area (TPSA) is 59.3 Å². The number of halogens is 3. The van der Waals surface area contributed by atoms with E-state index in [1.807, 2.05) is 48.5 Å². The fourth-order valence-electron chi connectivity index (χ4n) is 2.21. The van der Waals surface area contributed by atoms with E-state index in [-0.39, 0.29) is 5.69 Å². The van der Waals surface area contributed by atoms with Crippen LogP contribution in [0.1, 0.15) is 21.6 Å². The number of amides is 1. The maximum absolute atomic E-state index is 12.3. The summed E-state index contributed by atoms with van der Waals surface area (Å²) in [7, 11) is 0. The van der Waals surface area contributed by atoms with E-state index < -0.39 is 5.91 Å². The molecule has 0 saturated heterocycles. The van der Waals surface area contributed by atoms with Gasteiger partial charge in [0.2, 0.25) is 0 Å². The number of rotatable bonds is 5. The van der Waals surface area contributed by atoms with Crippen molar-refractivity contribution in [3.05, 3.63) is 85.5 Å². The summed E-state index contributed by atoms with van der Waals surface area (Å²) in [5, 5.41) is 8.96. The molecule has 0 bridgehead atoms. The Morgan fingerprint density at radius 1 is 1.23 bits per heavy atom. The van der Waals surface area contributed by atoms with Crippen molar-refractivity contribution in [3.8, 4) is 0 Å². The van der Waals surface area contributed by atoms with Gasteiger partial charge in [-0.1, -0.05) is 51.8 Å². The molecular formula is C18H13Br2ClN4O. The molecule has 0 atom stereocenters. The molecule has 3 rings (SSSR count). The molecule has 0 saturated carbocycles. The Hall–Kier alpha value is -1.96. The summed E-state index contributed by atoms with van der Waals surface area (Å²) in [4.78, 5) is 12.3. The van der Waals surface area contributed by atoms with E-state index in [0.29, 0.717) is 16.0 Å². The summed E-state index contributed by atoms with van der Waals surface area (Å²) >= 11 is 12.6. The first kappa shape index (κ1) is 18.8. The maximum atomic E-state index is 12.3. The largest absolute Gasteiger partial charge is 0.293 e. The molecule has 3 aromatic rings. The molecule has 1 heterocycles. The maximum Gasteiger partial charge on any atom is 0.293 e. The fourth-order valence-corrected chi connectivity index (χ4v) is 3.25. The van der Waals surface area contributed by atoms with E-state index in [2.05, 4.69) is 47.5 Å². The number of carbonyl (C=O) groups is 1. The van der Waals surface area contributed by atoms with Gasteiger partial charge in [0, 0.05) is 15.7 Å².